The third kappa shape index (κ3) is 5.46. The van der Waals surface area contributed by atoms with Crippen LogP contribution in [0.1, 0.15) is 35.4 Å². The van der Waals surface area contributed by atoms with E-state index in [0.29, 0.717) is 11.6 Å². The van der Waals surface area contributed by atoms with E-state index in [9.17, 15) is 13.2 Å². The fraction of sp³-hybridized carbons (Fsp3) is 0.261. The van der Waals surface area contributed by atoms with Crippen molar-refractivity contribution in [3.63, 3.8) is 0 Å². The Kier molecular flexibility index (Phi) is 5.73. The van der Waals surface area contributed by atoms with Crippen LogP contribution in [0.15, 0.2) is 55.1 Å². The number of pyridine rings is 1. The number of hydrogen-bond acceptors (Lipinski definition) is 5. The van der Waals surface area contributed by atoms with Crippen molar-refractivity contribution in [2.24, 2.45) is 7.05 Å². The van der Waals surface area contributed by atoms with E-state index >= 15 is 0 Å². The van der Waals surface area contributed by atoms with Gasteiger partial charge >= 0.3 is 0 Å². The Bertz CT molecular complexity index is 1260. The zero-order valence-electron chi connectivity index (χ0n) is 17.4. The van der Waals surface area contributed by atoms with E-state index in [-0.39, 0.29) is 11.7 Å². The van der Waals surface area contributed by atoms with Gasteiger partial charge in [-0.2, -0.15) is 5.10 Å². The lowest BCUT2D eigenvalue weighted by atomic mass is 10.0. The van der Waals surface area contributed by atoms with E-state index in [4.69, 9.17) is 0 Å². The van der Waals surface area contributed by atoms with Crippen molar-refractivity contribution in [3.8, 4) is 11.1 Å². The average Bonchev–Trinajstić information content (AvgIpc) is 3.46. The van der Waals surface area contributed by atoms with Gasteiger partial charge in [-0.05, 0) is 59.7 Å². The number of nitrogens with one attached hydrogen (secondary N) is 1. The molecule has 2 heterocycles. The summed E-state index contributed by atoms with van der Waals surface area (Å²) < 4.78 is 25.4. The van der Waals surface area contributed by atoms with Gasteiger partial charge in [0, 0.05) is 54.8 Å². The van der Waals surface area contributed by atoms with E-state index in [1.165, 1.54) is 12.3 Å². The highest BCUT2D eigenvalue weighted by molar-refractivity contribution is 7.89. The molecular weight excluding hydrogens is 412 g/mol. The summed E-state index contributed by atoms with van der Waals surface area (Å²) in [6.45, 7) is 0. The van der Waals surface area contributed by atoms with Gasteiger partial charge in [0.1, 0.15) is 0 Å². The third-order valence-corrected chi connectivity index (χ3v) is 5.96. The monoisotopic (exact) mass is 436 g/mol. The molecule has 7 nitrogen and oxygen atoms in total. The highest BCUT2D eigenvalue weighted by Gasteiger charge is 2.27. The van der Waals surface area contributed by atoms with Crippen LogP contribution in [-0.2, 0) is 27.4 Å². The summed E-state index contributed by atoms with van der Waals surface area (Å²) in [6.07, 6.45) is 13.6. The van der Waals surface area contributed by atoms with Crippen molar-refractivity contribution < 1.29 is 13.2 Å². The Morgan fingerprint density at radius 2 is 2.06 bits per heavy atom. The highest BCUT2D eigenvalue weighted by Crippen LogP contribution is 2.42. The summed E-state index contributed by atoms with van der Waals surface area (Å²) in [5.74, 6) is 0.103. The second-order valence-corrected chi connectivity index (χ2v) is 10.1. The fourth-order valence-electron chi connectivity index (χ4n) is 3.60. The Morgan fingerprint density at radius 3 is 2.74 bits per heavy atom. The normalized spacial score (nSPS) is 14.1. The van der Waals surface area contributed by atoms with Gasteiger partial charge in [0.25, 0.3) is 0 Å². The molecule has 1 aliphatic carbocycles. The van der Waals surface area contributed by atoms with Crippen LogP contribution in [0.4, 0.5) is 5.69 Å². The maximum Gasteiger partial charge on any atom is 0.248 e. The van der Waals surface area contributed by atoms with Gasteiger partial charge in [0.05, 0.1) is 11.9 Å². The molecule has 1 aliphatic rings. The van der Waals surface area contributed by atoms with Gasteiger partial charge < -0.3 is 5.32 Å². The summed E-state index contributed by atoms with van der Waals surface area (Å²) in [6, 6.07) is 7.41. The molecule has 0 aliphatic heterocycles. The first-order valence-electron chi connectivity index (χ1n) is 10.0. The van der Waals surface area contributed by atoms with Crippen molar-refractivity contribution in [1.29, 1.82) is 0 Å². The van der Waals surface area contributed by atoms with Crippen LogP contribution in [0.25, 0.3) is 17.2 Å². The first kappa shape index (κ1) is 21.0. The molecule has 160 valence electrons. The summed E-state index contributed by atoms with van der Waals surface area (Å²) in [5, 5.41) is 7.02. The molecule has 0 radical (unpaired) electrons. The predicted molar refractivity (Wildman–Crippen MR) is 121 cm³/mol. The molecule has 1 amide bonds. The lowest BCUT2D eigenvalue weighted by Crippen LogP contribution is -2.10. The molecule has 3 aromatic rings. The molecular formula is C23H24N4O3S. The Morgan fingerprint density at radius 1 is 1.26 bits per heavy atom. The standard InChI is InChI=1S/C23H24N4O3S/c1-27-14-19(13-25-27)22-9-10-24-12-17(22)5-8-23(28)26-20-6-7-21(16-3-4-16)18(11-20)15-31(2,29)30/h5-14,16H,3-4,15H2,1-2H3,(H,26,28). The minimum atomic E-state index is -3.17. The molecule has 1 aromatic carbocycles. The van der Waals surface area contributed by atoms with Crippen molar-refractivity contribution >= 4 is 27.5 Å². The van der Waals surface area contributed by atoms with Crippen molar-refractivity contribution in [2.75, 3.05) is 11.6 Å². The maximum atomic E-state index is 12.5. The molecule has 0 saturated heterocycles. The number of anilines is 1. The van der Waals surface area contributed by atoms with E-state index in [1.54, 1.807) is 35.4 Å². The number of hydrogen-bond donors (Lipinski definition) is 1. The number of amides is 1. The Labute approximate surface area is 181 Å². The number of sulfone groups is 1. The van der Waals surface area contributed by atoms with E-state index in [2.05, 4.69) is 15.4 Å². The first-order valence-corrected chi connectivity index (χ1v) is 12.1. The molecule has 0 bridgehead atoms. The smallest absolute Gasteiger partial charge is 0.248 e. The van der Waals surface area contributed by atoms with Crippen molar-refractivity contribution in [3.05, 3.63) is 71.8 Å². The predicted octanol–water partition coefficient (Wildman–Crippen LogP) is 3.56. The summed E-state index contributed by atoms with van der Waals surface area (Å²) in [5.41, 5.74) is 5.07. The van der Waals surface area contributed by atoms with Gasteiger partial charge in [0.15, 0.2) is 9.84 Å². The summed E-state index contributed by atoms with van der Waals surface area (Å²) in [7, 11) is -1.32. The van der Waals surface area contributed by atoms with E-state index in [0.717, 1.165) is 40.7 Å². The van der Waals surface area contributed by atoms with Crippen molar-refractivity contribution in [2.45, 2.75) is 24.5 Å². The molecule has 0 atom stereocenters. The summed E-state index contributed by atoms with van der Waals surface area (Å²) in [4.78, 5) is 16.7. The fourth-order valence-corrected chi connectivity index (χ4v) is 4.41. The van der Waals surface area contributed by atoms with Gasteiger partial charge in [-0.1, -0.05) is 6.07 Å². The van der Waals surface area contributed by atoms with Gasteiger partial charge in [-0.15, -0.1) is 0 Å². The molecule has 4 rings (SSSR count). The number of rotatable bonds is 7. The SMILES string of the molecule is Cn1cc(-c2ccncc2C=CC(=O)Nc2ccc(C3CC3)c(CS(C)(=O)=O)c2)cn1. The number of nitrogens with zero attached hydrogens (tertiary/aromatic N) is 3. The van der Waals surface area contributed by atoms with E-state index in [1.807, 2.05) is 31.4 Å². The number of carbonyl (C=O) groups is 1. The molecule has 1 saturated carbocycles. The number of carbonyl (C=O) groups excluding carboxylic acids is 1. The molecule has 8 heteroatoms. The van der Waals surface area contributed by atoms with Crippen LogP contribution in [-0.4, -0.2) is 35.3 Å². The largest absolute Gasteiger partial charge is 0.323 e. The molecule has 1 N–H and O–H groups in total. The van der Waals surface area contributed by atoms with Crippen LogP contribution in [0.2, 0.25) is 0 Å². The quantitative estimate of drug-likeness (QED) is 0.572. The van der Waals surface area contributed by atoms with Gasteiger partial charge in [0.2, 0.25) is 5.91 Å². The second kappa shape index (κ2) is 8.47. The van der Waals surface area contributed by atoms with Crippen LogP contribution >= 0.6 is 0 Å². The minimum Gasteiger partial charge on any atom is -0.323 e. The number of aryl methyl sites for hydroxylation is 1. The topological polar surface area (TPSA) is 94.0 Å². The zero-order chi connectivity index (χ0) is 22.0. The van der Waals surface area contributed by atoms with Gasteiger partial charge in [-0.3, -0.25) is 14.5 Å². The molecule has 0 unspecified atom stereocenters. The highest BCUT2D eigenvalue weighted by atomic mass is 32.2. The molecule has 0 spiro atoms. The molecule has 31 heavy (non-hydrogen) atoms. The minimum absolute atomic E-state index is 0.0253. The second-order valence-electron chi connectivity index (χ2n) is 7.95. The molecule has 2 aromatic heterocycles. The zero-order valence-corrected chi connectivity index (χ0v) is 18.3. The lowest BCUT2D eigenvalue weighted by Gasteiger charge is -2.11. The summed E-state index contributed by atoms with van der Waals surface area (Å²) >= 11 is 0. The van der Waals surface area contributed by atoms with E-state index < -0.39 is 9.84 Å². The van der Waals surface area contributed by atoms with Crippen molar-refractivity contribution in [1.82, 2.24) is 14.8 Å². The van der Waals surface area contributed by atoms with Crippen LogP contribution in [0.5, 0.6) is 0 Å². The third-order valence-electron chi connectivity index (χ3n) is 5.13. The first-order chi connectivity index (χ1) is 14.8. The van der Waals surface area contributed by atoms with Crippen LogP contribution in [0, 0.1) is 0 Å². The van der Waals surface area contributed by atoms with Crippen LogP contribution < -0.4 is 5.32 Å². The number of aromatic nitrogens is 3. The average molecular weight is 437 g/mol. The van der Waals surface area contributed by atoms with Crippen LogP contribution in [0.3, 0.4) is 0 Å². The van der Waals surface area contributed by atoms with Gasteiger partial charge in [-0.25, -0.2) is 8.42 Å². The Balaban J connectivity index is 1.52. The number of benzene rings is 1. The lowest BCUT2D eigenvalue weighted by molar-refractivity contribution is -0.111. The Hall–Kier alpha value is -3.26. The maximum absolute atomic E-state index is 12.5. The molecule has 1 fully saturated rings.